The van der Waals surface area contributed by atoms with Crippen molar-refractivity contribution in [3.8, 4) is 0 Å². The van der Waals surface area contributed by atoms with E-state index in [1.807, 2.05) is 21.1 Å². The number of carbonyl (C=O) groups is 2. The standard InChI is InChI=1S/C36H72NO8P/c1-6-8-10-12-14-15-16-17-18-19-20-21-23-24-26-28-35(38)42-32-34(33-44-46(40,41)43-31-30-37(3,4)5)45-36(39)29-27-25-22-13-11-9-7-2/h34H,6-33H2,1-5H3. The summed E-state index contributed by atoms with van der Waals surface area (Å²) in [5.41, 5.74) is 0. The van der Waals surface area contributed by atoms with E-state index in [9.17, 15) is 19.0 Å². The zero-order valence-electron chi connectivity index (χ0n) is 30.5. The molecule has 0 aliphatic rings. The van der Waals surface area contributed by atoms with E-state index in [2.05, 4.69) is 13.8 Å². The van der Waals surface area contributed by atoms with E-state index < -0.39 is 26.5 Å². The summed E-state index contributed by atoms with van der Waals surface area (Å²) in [6.07, 6.45) is 25.7. The monoisotopic (exact) mass is 677 g/mol. The molecule has 0 N–H and O–H groups in total. The van der Waals surface area contributed by atoms with Crippen molar-refractivity contribution in [2.24, 2.45) is 0 Å². The van der Waals surface area contributed by atoms with Crippen molar-refractivity contribution in [3.63, 3.8) is 0 Å². The number of phosphoric acid groups is 1. The number of carbonyl (C=O) groups excluding carboxylic acids is 2. The van der Waals surface area contributed by atoms with Crippen LogP contribution in [-0.4, -0.2) is 70.0 Å². The second-order valence-corrected chi connectivity index (χ2v) is 15.4. The van der Waals surface area contributed by atoms with E-state index in [0.29, 0.717) is 17.4 Å². The third-order valence-corrected chi connectivity index (χ3v) is 9.09. The molecule has 0 fully saturated rings. The molecule has 0 aliphatic heterocycles. The number of hydrogen-bond acceptors (Lipinski definition) is 8. The summed E-state index contributed by atoms with van der Waals surface area (Å²) >= 11 is 0. The number of hydrogen-bond donors (Lipinski definition) is 0. The Balaban J connectivity index is 4.31. The van der Waals surface area contributed by atoms with Crippen molar-refractivity contribution >= 4 is 19.8 Å². The number of phosphoric ester groups is 1. The van der Waals surface area contributed by atoms with E-state index in [1.54, 1.807) is 0 Å². The molecule has 46 heavy (non-hydrogen) atoms. The summed E-state index contributed by atoms with van der Waals surface area (Å²) in [5.74, 6) is -0.834. The van der Waals surface area contributed by atoms with Gasteiger partial charge in [-0.2, -0.15) is 0 Å². The van der Waals surface area contributed by atoms with Gasteiger partial charge in [0.1, 0.15) is 19.8 Å². The molecule has 0 aromatic carbocycles. The van der Waals surface area contributed by atoms with Gasteiger partial charge in [0.25, 0.3) is 7.82 Å². The van der Waals surface area contributed by atoms with Crippen LogP contribution in [0.3, 0.4) is 0 Å². The highest BCUT2D eigenvalue weighted by Crippen LogP contribution is 2.38. The second kappa shape index (κ2) is 30.1. The smallest absolute Gasteiger partial charge is 0.306 e. The second-order valence-electron chi connectivity index (χ2n) is 14.0. The summed E-state index contributed by atoms with van der Waals surface area (Å²) in [5, 5.41) is 0. The predicted octanol–water partition coefficient (Wildman–Crippen LogP) is 9.05. The lowest BCUT2D eigenvalue weighted by Crippen LogP contribution is -2.37. The molecular weight excluding hydrogens is 605 g/mol. The van der Waals surface area contributed by atoms with Crippen LogP contribution in [0, 0.1) is 0 Å². The fourth-order valence-electron chi connectivity index (χ4n) is 5.12. The number of esters is 2. The maximum atomic E-state index is 12.5. The summed E-state index contributed by atoms with van der Waals surface area (Å²) in [7, 11) is 1.17. The van der Waals surface area contributed by atoms with Crippen LogP contribution in [0.5, 0.6) is 0 Å². The Morgan fingerprint density at radius 3 is 1.39 bits per heavy atom. The quantitative estimate of drug-likeness (QED) is 0.0287. The van der Waals surface area contributed by atoms with Gasteiger partial charge in [0, 0.05) is 12.8 Å². The predicted molar refractivity (Wildman–Crippen MR) is 185 cm³/mol. The van der Waals surface area contributed by atoms with Crippen molar-refractivity contribution < 1.29 is 42.1 Å². The van der Waals surface area contributed by atoms with Gasteiger partial charge in [-0.25, -0.2) is 0 Å². The summed E-state index contributed by atoms with van der Waals surface area (Å²) in [4.78, 5) is 37.1. The van der Waals surface area contributed by atoms with E-state index in [0.717, 1.165) is 38.5 Å². The number of rotatable bonds is 34. The molecule has 0 spiro atoms. The molecule has 0 heterocycles. The maximum Gasteiger partial charge on any atom is 0.306 e. The molecule has 2 unspecified atom stereocenters. The van der Waals surface area contributed by atoms with Gasteiger partial charge in [-0.1, -0.05) is 142 Å². The maximum absolute atomic E-state index is 12.5. The number of ether oxygens (including phenoxy) is 2. The highest BCUT2D eigenvalue weighted by molar-refractivity contribution is 7.45. The molecule has 0 aliphatic carbocycles. The van der Waals surface area contributed by atoms with E-state index >= 15 is 0 Å². The lowest BCUT2D eigenvalue weighted by atomic mass is 10.0. The Hall–Kier alpha value is -0.990. The summed E-state index contributed by atoms with van der Waals surface area (Å²) < 4.78 is 33.6. The first kappa shape index (κ1) is 45.0. The van der Waals surface area contributed by atoms with Gasteiger partial charge in [-0.05, 0) is 12.8 Å². The third kappa shape index (κ3) is 32.9. The van der Waals surface area contributed by atoms with Gasteiger partial charge >= 0.3 is 11.9 Å². The number of quaternary nitrogens is 1. The average molecular weight is 678 g/mol. The zero-order chi connectivity index (χ0) is 34.4. The first-order chi connectivity index (χ1) is 22.0. The minimum atomic E-state index is -4.60. The zero-order valence-corrected chi connectivity index (χ0v) is 31.4. The van der Waals surface area contributed by atoms with Crippen molar-refractivity contribution in [1.29, 1.82) is 0 Å². The number of nitrogens with zero attached hydrogens (tertiary/aromatic N) is 1. The highest BCUT2D eigenvalue weighted by atomic mass is 31.2. The first-order valence-electron chi connectivity index (χ1n) is 18.7. The van der Waals surface area contributed by atoms with Gasteiger partial charge in [0.15, 0.2) is 6.10 Å². The minimum Gasteiger partial charge on any atom is -0.756 e. The van der Waals surface area contributed by atoms with Gasteiger partial charge in [-0.3, -0.25) is 14.2 Å². The van der Waals surface area contributed by atoms with Crippen LogP contribution < -0.4 is 4.89 Å². The van der Waals surface area contributed by atoms with Crippen LogP contribution in [0.1, 0.15) is 168 Å². The fraction of sp³-hybridized carbons (Fsp3) is 0.944. The molecule has 2 atom stereocenters. The lowest BCUT2D eigenvalue weighted by Gasteiger charge is -2.28. The van der Waals surface area contributed by atoms with E-state index in [4.69, 9.17) is 18.5 Å². The van der Waals surface area contributed by atoms with Gasteiger partial charge < -0.3 is 27.9 Å². The van der Waals surface area contributed by atoms with Crippen LogP contribution in [-0.2, 0) is 32.7 Å². The SMILES string of the molecule is CCCCCCCCCCCCCCCCCC(=O)OCC(COP(=O)([O-])OCC[N+](C)(C)C)OC(=O)CCCCCCCCC. The average Bonchev–Trinajstić information content (AvgIpc) is 2.99. The molecule has 0 radical (unpaired) electrons. The molecule has 0 bridgehead atoms. The fourth-order valence-corrected chi connectivity index (χ4v) is 5.85. The molecule has 274 valence electrons. The Labute approximate surface area is 283 Å². The third-order valence-electron chi connectivity index (χ3n) is 8.13. The van der Waals surface area contributed by atoms with Gasteiger partial charge in [0.05, 0.1) is 27.7 Å². The van der Waals surface area contributed by atoms with Crippen molar-refractivity contribution in [1.82, 2.24) is 0 Å². The lowest BCUT2D eigenvalue weighted by molar-refractivity contribution is -0.870. The molecule has 0 saturated carbocycles. The normalized spacial score (nSPS) is 13.8. The van der Waals surface area contributed by atoms with Gasteiger partial charge in [0.2, 0.25) is 0 Å². The highest BCUT2D eigenvalue weighted by Gasteiger charge is 2.21. The van der Waals surface area contributed by atoms with E-state index in [1.165, 1.54) is 96.3 Å². The van der Waals surface area contributed by atoms with Crippen molar-refractivity contribution in [2.75, 3.05) is 47.5 Å². The Bertz CT molecular complexity index is 774. The van der Waals surface area contributed by atoms with Crippen LogP contribution in [0.25, 0.3) is 0 Å². The van der Waals surface area contributed by atoms with Gasteiger partial charge in [-0.15, -0.1) is 0 Å². The minimum absolute atomic E-state index is 0.0266. The summed E-state index contributed by atoms with van der Waals surface area (Å²) in [6.45, 7) is 4.18. The Morgan fingerprint density at radius 1 is 0.587 bits per heavy atom. The molecule has 0 amide bonds. The number of unbranched alkanes of at least 4 members (excludes halogenated alkanes) is 20. The van der Waals surface area contributed by atoms with Crippen LogP contribution >= 0.6 is 7.82 Å². The molecule has 0 aromatic heterocycles. The molecule has 9 nitrogen and oxygen atoms in total. The number of likely N-dealkylation sites (N-methyl/N-ethyl adjacent to an activating group) is 1. The topological polar surface area (TPSA) is 111 Å². The molecule has 0 aromatic rings. The van der Waals surface area contributed by atoms with Crippen LogP contribution in [0.2, 0.25) is 0 Å². The Morgan fingerprint density at radius 2 is 0.978 bits per heavy atom. The molecule has 0 saturated heterocycles. The van der Waals surface area contributed by atoms with Crippen molar-refractivity contribution in [2.45, 2.75) is 174 Å². The summed E-state index contributed by atoms with van der Waals surface area (Å²) in [6, 6.07) is 0. The molecule has 0 rings (SSSR count). The van der Waals surface area contributed by atoms with E-state index in [-0.39, 0.29) is 32.0 Å². The van der Waals surface area contributed by atoms with Crippen molar-refractivity contribution in [3.05, 3.63) is 0 Å². The van der Waals surface area contributed by atoms with Crippen LogP contribution in [0.15, 0.2) is 0 Å². The largest absolute Gasteiger partial charge is 0.756 e. The first-order valence-corrected chi connectivity index (χ1v) is 20.2. The molecular formula is C36H72NO8P. The van der Waals surface area contributed by atoms with Crippen LogP contribution in [0.4, 0.5) is 0 Å². The molecule has 10 heteroatoms. The Kier molecular flexibility index (Phi) is 29.4.